The number of hydrogen-bond acceptors (Lipinski definition) is 6. The number of carbonyl (C=O) groups excluding carboxylic acids is 1. The van der Waals surface area contributed by atoms with Crippen molar-refractivity contribution in [1.82, 2.24) is 5.43 Å². The quantitative estimate of drug-likeness (QED) is 0.209. The van der Waals surface area contributed by atoms with Crippen LogP contribution in [0, 0.1) is 15.9 Å². The fraction of sp³-hybridized carbons (Fsp3) is 0.0769. The van der Waals surface area contributed by atoms with E-state index in [1.54, 1.807) is 24.3 Å². The van der Waals surface area contributed by atoms with Crippen molar-refractivity contribution >= 4 is 28.6 Å². The maximum Gasteiger partial charge on any atom is 0.310 e. The predicted octanol–water partition coefficient (Wildman–Crippen LogP) is 5.00. The Morgan fingerprint density at radius 2 is 1.69 bits per heavy atom. The number of nitro benzene ring substituents is 1. The van der Waals surface area contributed by atoms with E-state index in [-0.39, 0.29) is 23.9 Å². The standard InChI is InChI=1S/C26H20FN3O5/c27-20-12-9-18(10-13-20)16-34-24-14-11-19-5-1-2-6-21(19)22(24)15-28-29-26(31)17-35-25-8-4-3-7-23(25)30(32)33/h1-15H,16-17H2,(H,29,31)/b28-15-. The molecule has 1 N–H and O–H groups in total. The first-order valence-corrected chi connectivity index (χ1v) is 10.6. The SMILES string of the molecule is O=C(COc1ccccc1[N+](=O)[O-])N/N=C\c1c(OCc2ccc(F)cc2)ccc2ccccc12. The molecule has 0 fully saturated rings. The molecule has 0 saturated carbocycles. The van der Waals surface area contributed by atoms with E-state index in [9.17, 15) is 19.3 Å². The van der Waals surface area contributed by atoms with Crippen LogP contribution in [0.15, 0.2) is 90.0 Å². The summed E-state index contributed by atoms with van der Waals surface area (Å²) in [6.07, 6.45) is 1.46. The van der Waals surface area contributed by atoms with Crippen molar-refractivity contribution in [2.75, 3.05) is 6.61 Å². The molecule has 176 valence electrons. The molecule has 9 heteroatoms. The Hall–Kier alpha value is -4.79. The van der Waals surface area contributed by atoms with E-state index in [1.807, 2.05) is 30.3 Å². The Morgan fingerprint density at radius 1 is 0.943 bits per heavy atom. The minimum atomic E-state index is -0.589. The van der Waals surface area contributed by atoms with Gasteiger partial charge in [0.2, 0.25) is 0 Å². The molecule has 0 aliphatic heterocycles. The number of hydrazone groups is 1. The molecule has 35 heavy (non-hydrogen) atoms. The van der Waals surface area contributed by atoms with Gasteiger partial charge >= 0.3 is 5.69 Å². The lowest BCUT2D eigenvalue weighted by atomic mass is 10.0. The third-order valence-electron chi connectivity index (χ3n) is 5.04. The third-order valence-corrected chi connectivity index (χ3v) is 5.04. The predicted molar refractivity (Wildman–Crippen MR) is 129 cm³/mol. The fourth-order valence-electron chi connectivity index (χ4n) is 3.35. The van der Waals surface area contributed by atoms with E-state index < -0.39 is 17.4 Å². The van der Waals surface area contributed by atoms with Crippen molar-refractivity contribution in [3.63, 3.8) is 0 Å². The number of fused-ring (bicyclic) bond motifs is 1. The second-order valence-corrected chi connectivity index (χ2v) is 7.42. The molecule has 0 aliphatic rings. The summed E-state index contributed by atoms with van der Waals surface area (Å²) >= 11 is 0. The summed E-state index contributed by atoms with van der Waals surface area (Å²) < 4.78 is 24.4. The van der Waals surface area contributed by atoms with E-state index >= 15 is 0 Å². The number of halogens is 1. The number of benzene rings is 4. The lowest BCUT2D eigenvalue weighted by Gasteiger charge is -2.12. The monoisotopic (exact) mass is 473 g/mol. The Bertz CT molecular complexity index is 1390. The van der Waals surface area contributed by atoms with Crippen LogP contribution in [0.2, 0.25) is 0 Å². The van der Waals surface area contributed by atoms with Crippen LogP contribution in [0.1, 0.15) is 11.1 Å². The third kappa shape index (κ3) is 5.97. The van der Waals surface area contributed by atoms with Gasteiger partial charge in [-0.3, -0.25) is 14.9 Å². The zero-order chi connectivity index (χ0) is 24.6. The molecule has 4 rings (SSSR count). The molecule has 8 nitrogen and oxygen atoms in total. The van der Waals surface area contributed by atoms with Crippen LogP contribution in [0.3, 0.4) is 0 Å². The van der Waals surface area contributed by atoms with Crippen LogP contribution in [-0.4, -0.2) is 23.7 Å². The van der Waals surface area contributed by atoms with E-state index in [2.05, 4.69) is 10.5 Å². The highest BCUT2D eigenvalue weighted by Crippen LogP contribution is 2.28. The van der Waals surface area contributed by atoms with Crippen molar-refractivity contribution < 1.29 is 23.6 Å². The molecule has 0 heterocycles. The van der Waals surface area contributed by atoms with Crippen LogP contribution in [0.4, 0.5) is 10.1 Å². The molecule has 0 aliphatic carbocycles. The van der Waals surface area contributed by atoms with Crippen molar-refractivity contribution in [3.05, 3.63) is 112 Å². The molecule has 0 radical (unpaired) electrons. The highest BCUT2D eigenvalue weighted by atomic mass is 19.1. The van der Waals surface area contributed by atoms with Gasteiger partial charge in [0, 0.05) is 11.6 Å². The second-order valence-electron chi connectivity index (χ2n) is 7.42. The Morgan fingerprint density at radius 3 is 2.49 bits per heavy atom. The first-order valence-electron chi connectivity index (χ1n) is 10.6. The average Bonchev–Trinajstić information content (AvgIpc) is 2.87. The van der Waals surface area contributed by atoms with E-state index in [1.165, 1.54) is 36.5 Å². The number of carbonyl (C=O) groups is 1. The summed E-state index contributed by atoms with van der Waals surface area (Å²) in [5.41, 5.74) is 3.56. The van der Waals surface area contributed by atoms with Crippen LogP contribution >= 0.6 is 0 Å². The van der Waals surface area contributed by atoms with Crippen molar-refractivity contribution in [2.45, 2.75) is 6.61 Å². The zero-order valence-electron chi connectivity index (χ0n) is 18.4. The number of rotatable bonds is 9. The average molecular weight is 473 g/mol. The summed E-state index contributed by atoms with van der Waals surface area (Å²) in [7, 11) is 0. The zero-order valence-corrected chi connectivity index (χ0v) is 18.4. The van der Waals surface area contributed by atoms with Gasteiger partial charge in [0.25, 0.3) is 5.91 Å². The normalized spacial score (nSPS) is 10.9. The minimum Gasteiger partial charge on any atom is -0.488 e. The van der Waals surface area contributed by atoms with Crippen LogP contribution in [0.5, 0.6) is 11.5 Å². The Labute approximate surface area is 199 Å². The van der Waals surface area contributed by atoms with Crippen molar-refractivity contribution in [2.24, 2.45) is 5.10 Å². The molecule has 4 aromatic rings. The molecule has 0 spiro atoms. The van der Waals surface area contributed by atoms with Crippen LogP contribution in [0.25, 0.3) is 10.8 Å². The number of amides is 1. The number of nitrogens with zero attached hydrogens (tertiary/aromatic N) is 2. The lowest BCUT2D eigenvalue weighted by molar-refractivity contribution is -0.385. The maximum absolute atomic E-state index is 13.2. The number of hydrogen-bond donors (Lipinski definition) is 1. The molecule has 1 amide bonds. The van der Waals surface area contributed by atoms with Gasteiger partial charge < -0.3 is 9.47 Å². The summed E-state index contributed by atoms with van der Waals surface area (Å²) in [4.78, 5) is 22.7. The molecule has 0 unspecified atom stereocenters. The van der Waals surface area contributed by atoms with Gasteiger partial charge in [-0.1, -0.05) is 54.6 Å². The highest BCUT2D eigenvalue weighted by Gasteiger charge is 2.15. The van der Waals surface area contributed by atoms with Gasteiger partial charge in [-0.2, -0.15) is 5.10 Å². The van der Waals surface area contributed by atoms with Gasteiger partial charge in [-0.05, 0) is 40.6 Å². The Kier molecular flexibility index (Phi) is 7.27. The van der Waals surface area contributed by atoms with Gasteiger partial charge in [-0.25, -0.2) is 9.82 Å². The second kappa shape index (κ2) is 10.9. The largest absolute Gasteiger partial charge is 0.488 e. The van der Waals surface area contributed by atoms with Crippen LogP contribution in [-0.2, 0) is 11.4 Å². The molecule has 0 saturated heterocycles. The number of nitrogens with one attached hydrogen (secondary N) is 1. The minimum absolute atomic E-state index is 0.0119. The number of ether oxygens (including phenoxy) is 2. The van der Waals surface area contributed by atoms with Gasteiger partial charge in [-0.15, -0.1) is 0 Å². The summed E-state index contributed by atoms with van der Waals surface area (Å²) in [5.74, 6) is -0.397. The highest BCUT2D eigenvalue weighted by molar-refractivity contribution is 6.02. The van der Waals surface area contributed by atoms with Gasteiger partial charge in [0.1, 0.15) is 18.2 Å². The summed E-state index contributed by atoms with van der Waals surface area (Å²) in [6.45, 7) is -0.235. The van der Waals surface area contributed by atoms with Crippen LogP contribution < -0.4 is 14.9 Å². The summed E-state index contributed by atoms with van der Waals surface area (Å²) in [6, 6.07) is 23.1. The first-order chi connectivity index (χ1) is 17.0. The molecule has 4 aromatic carbocycles. The first kappa shape index (κ1) is 23.4. The van der Waals surface area contributed by atoms with Crippen molar-refractivity contribution in [3.8, 4) is 11.5 Å². The molecular weight excluding hydrogens is 453 g/mol. The molecule has 0 aromatic heterocycles. The van der Waals surface area contributed by atoms with Crippen molar-refractivity contribution in [1.29, 1.82) is 0 Å². The number of nitro groups is 1. The Balaban J connectivity index is 1.46. The molecule has 0 bridgehead atoms. The topological polar surface area (TPSA) is 103 Å². The smallest absolute Gasteiger partial charge is 0.310 e. The molecular formula is C26H20FN3O5. The van der Waals surface area contributed by atoms with E-state index in [0.717, 1.165) is 16.3 Å². The molecule has 0 atom stereocenters. The lowest BCUT2D eigenvalue weighted by Crippen LogP contribution is -2.24. The number of para-hydroxylation sites is 2. The fourth-order valence-corrected chi connectivity index (χ4v) is 3.35. The van der Waals surface area contributed by atoms with Gasteiger partial charge in [0.15, 0.2) is 12.4 Å². The summed E-state index contributed by atoms with van der Waals surface area (Å²) in [5, 5.41) is 16.9. The van der Waals surface area contributed by atoms with E-state index in [4.69, 9.17) is 9.47 Å². The van der Waals surface area contributed by atoms with Gasteiger partial charge in [0.05, 0.1) is 11.1 Å². The maximum atomic E-state index is 13.2. The van der Waals surface area contributed by atoms with E-state index in [0.29, 0.717) is 11.3 Å².